The Hall–Kier alpha value is -0.940. The van der Waals surface area contributed by atoms with E-state index in [0.29, 0.717) is 5.11 Å². The van der Waals surface area contributed by atoms with Crippen molar-refractivity contribution in [3.8, 4) is 0 Å². The second kappa shape index (κ2) is 3.90. The molecule has 0 aromatic heterocycles. The highest BCUT2D eigenvalue weighted by atomic mass is 79.9. The van der Waals surface area contributed by atoms with Crippen LogP contribution in [0.2, 0.25) is 0 Å². The average Bonchev–Trinajstić information content (AvgIpc) is 2.48. The summed E-state index contributed by atoms with van der Waals surface area (Å²) in [5, 5.41) is 3.33. The maximum Gasteiger partial charge on any atom is 0.252 e. The molecule has 1 aromatic carbocycles. The van der Waals surface area contributed by atoms with Crippen LogP contribution in [0.1, 0.15) is 5.56 Å². The molecule has 1 N–H and O–H groups in total. The molecule has 3 nitrogen and oxygen atoms in total. The van der Waals surface area contributed by atoms with Gasteiger partial charge in [-0.25, -0.2) is 0 Å². The van der Waals surface area contributed by atoms with Gasteiger partial charge in [-0.1, -0.05) is 15.9 Å². The van der Waals surface area contributed by atoms with E-state index in [1.807, 2.05) is 25.1 Å². The fourth-order valence-corrected chi connectivity index (χ4v) is 2.28. The van der Waals surface area contributed by atoms with Crippen molar-refractivity contribution in [2.45, 2.75) is 6.92 Å². The van der Waals surface area contributed by atoms with Crippen molar-refractivity contribution in [2.75, 3.05) is 11.4 Å². The molecule has 1 aliphatic heterocycles. The molecule has 0 saturated carbocycles. The minimum Gasteiger partial charge on any atom is -0.353 e. The number of thiocarbonyl (C=S) groups is 1. The number of hydrogen-bond acceptors (Lipinski definition) is 2. The summed E-state index contributed by atoms with van der Waals surface area (Å²) in [7, 11) is 0. The maximum atomic E-state index is 11.6. The Kier molecular flexibility index (Phi) is 2.75. The number of aryl methyl sites for hydroxylation is 1. The van der Waals surface area contributed by atoms with Crippen LogP contribution in [0.5, 0.6) is 0 Å². The van der Waals surface area contributed by atoms with Crippen LogP contribution in [0, 0.1) is 6.92 Å². The number of rotatable bonds is 1. The molecule has 0 radical (unpaired) electrons. The largest absolute Gasteiger partial charge is 0.353 e. The van der Waals surface area contributed by atoms with Crippen molar-refractivity contribution in [3.05, 3.63) is 28.2 Å². The highest BCUT2D eigenvalue weighted by molar-refractivity contribution is 9.10. The van der Waals surface area contributed by atoms with Crippen molar-refractivity contribution >= 4 is 44.9 Å². The first-order chi connectivity index (χ1) is 7.09. The number of amides is 1. The van der Waals surface area contributed by atoms with E-state index >= 15 is 0 Å². The summed E-state index contributed by atoms with van der Waals surface area (Å²) in [6.45, 7) is 2.24. The van der Waals surface area contributed by atoms with Crippen LogP contribution in [-0.4, -0.2) is 17.6 Å². The van der Waals surface area contributed by atoms with Crippen molar-refractivity contribution in [2.24, 2.45) is 0 Å². The second-order valence-corrected chi connectivity index (χ2v) is 4.62. The van der Waals surface area contributed by atoms with E-state index in [1.54, 1.807) is 0 Å². The van der Waals surface area contributed by atoms with Crippen LogP contribution in [0.4, 0.5) is 5.69 Å². The molecule has 5 heteroatoms. The van der Waals surface area contributed by atoms with Gasteiger partial charge >= 0.3 is 0 Å². The van der Waals surface area contributed by atoms with Gasteiger partial charge in [0.25, 0.3) is 5.91 Å². The summed E-state index contributed by atoms with van der Waals surface area (Å²) in [5.74, 6) is -0.00887. The number of benzene rings is 1. The normalized spacial score (nSPS) is 15.7. The molecular formula is C10H9BrN2OS. The number of nitrogens with zero attached hydrogens (tertiary/aromatic N) is 1. The predicted octanol–water partition coefficient (Wildman–Crippen LogP) is 1.98. The van der Waals surface area contributed by atoms with Crippen LogP contribution in [0.3, 0.4) is 0 Å². The lowest BCUT2D eigenvalue weighted by atomic mass is 10.2. The molecule has 2 rings (SSSR count). The van der Waals surface area contributed by atoms with E-state index in [0.717, 1.165) is 15.7 Å². The summed E-state index contributed by atoms with van der Waals surface area (Å²) in [4.78, 5) is 13.1. The number of anilines is 1. The molecule has 0 unspecified atom stereocenters. The zero-order valence-electron chi connectivity index (χ0n) is 8.08. The number of carbonyl (C=O) groups excluding carboxylic acids is 1. The van der Waals surface area contributed by atoms with Gasteiger partial charge in [-0.2, -0.15) is 0 Å². The molecule has 78 valence electrons. The maximum absolute atomic E-state index is 11.6. The average molecular weight is 285 g/mol. The van der Waals surface area contributed by atoms with Crippen LogP contribution in [-0.2, 0) is 4.79 Å². The summed E-state index contributed by atoms with van der Waals surface area (Å²) in [5.41, 5.74) is 1.86. The zero-order valence-corrected chi connectivity index (χ0v) is 10.5. The number of halogens is 1. The molecule has 0 aliphatic carbocycles. The number of carbonyl (C=O) groups is 1. The first kappa shape index (κ1) is 10.6. The lowest BCUT2D eigenvalue weighted by molar-refractivity contribution is -0.115. The van der Waals surface area contributed by atoms with Gasteiger partial charge in [-0.05, 0) is 42.9 Å². The van der Waals surface area contributed by atoms with E-state index in [4.69, 9.17) is 12.2 Å². The molecule has 1 fully saturated rings. The van der Waals surface area contributed by atoms with Crippen molar-refractivity contribution in [1.82, 2.24) is 5.32 Å². The Morgan fingerprint density at radius 3 is 2.80 bits per heavy atom. The van der Waals surface area contributed by atoms with Crippen LogP contribution in [0.25, 0.3) is 0 Å². The smallest absolute Gasteiger partial charge is 0.252 e. The number of nitrogens with one attached hydrogen (secondary N) is 1. The van der Waals surface area contributed by atoms with Gasteiger partial charge in [0.05, 0.1) is 12.2 Å². The van der Waals surface area contributed by atoms with Crippen molar-refractivity contribution in [3.63, 3.8) is 0 Å². The van der Waals surface area contributed by atoms with E-state index in [1.165, 1.54) is 4.90 Å². The third-order valence-corrected chi connectivity index (χ3v) is 3.06. The van der Waals surface area contributed by atoms with Gasteiger partial charge in [0, 0.05) is 4.47 Å². The summed E-state index contributed by atoms with van der Waals surface area (Å²) < 4.78 is 0.995. The van der Waals surface area contributed by atoms with Crippen LogP contribution in [0.15, 0.2) is 22.7 Å². The van der Waals surface area contributed by atoms with Gasteiger partial charge in [0.2, 0.25) is 0 Å². The summed E-state index contributed by atoms with van der Waals surface area (Å²) in [6.07, 6.45) is 0. The topological polar surface area (TPSA) is 32.3 Å². The molecule has 0 atom stereocenters. The Morgan fingerprint density at radius 1 is 1.53 bits per heavy atom. The van der Waals surface area contributed by atoms with Crippen LogP contribution >= 0.6 is 28.1 Å². The molecule has 15 heavy (non-hydrogen) atoms. The Bertz CT molecular complexity index is 431. The number of hydrogen-bond donors (Lipinski definition) is 1. The SMILES string of the molecule is Cc1cc(Br)ccc1N1C(=O)CNC1=S. The predicted molar refractivity (Wildman–Crippen MR) is 67.0 cm³/mol. The molecule has 1 amide bonds. The molecule has 1 aromatic rings. The Balaban J connectivity index is 2.45. The standard InChI is InChI=1S/C10H9BrN2OS/c1-6-4-7(11)2-3-8(6)13-9(14)5-12-10(13)15/h2-4H,5H2,1H3,(H,12,15). The third kappa shape index (κ3) is 1.89. The quantitative estimate of drug-likeness (QED) is 0.801. The fraction of sp³-hybridized carbons (Fsp3) is 0.200. The van der Waals surface area contributed by atoms with Gasteiger partial charge < -0.3 is 5.32 Å². The van der Waals surface area contributed by atoms with E-state index in [9.17, 15) is 4.79 Å². The first-order valence-corrected chi connectivity index (χ1v) is 5.66. The molecule has 1 heterocycles. The molecular weight excluding hydrogens is 276 g/mol. The van der Waals surface area contributed by atoms with Crippen molar-refractivity contribution in [1.29, 1.82) is 0 Å². The highest BCUT2D eigenvalue weighted by Gasteiger charge is 2.27. The minimum atomic E-state index is -0.00887. The summed E-state index contributed by atoms with van der Waals surface area (Å²) >= 11 is 8.46. The Labute approximate surface area is 102 Å². The lowest BCUT2D eigenvalue weighted by Crippen LogP contribution is -2.30. The van der Waals surface area contributed by atoms with Crippen molar-refractivity contribution < 1.29 is 4.79 Å². The van der Waals surface area contributed by atoms with Crippen LogP contribution < -0.4 is 10.2 Å². The monoisotopic (exact) mass is 284 g/mol. The first-order valence-electron chi connectivity index (χ1n) is 4.46. The Morgan fingerprint density at radius 2 is 2.27 bits per heavy atom. The summed E-state index contributed by atoms with van der Waals surface area (Å²) in [6, 6.07) is 5.75. The molecule has 1 aliphatic rings. The van der Waals surface area contributed by atoms with Gasteiger partial charge in [0.1, 0.15) is 0 Å². The van der Waals surface area contributed by atoms with E-state index in [2.05, 4.69) is 21.2 Å². The zero-order chi connectivity index (χ0) is 11.0. The second-order valence-electron chi connectivity index (χ2n) is 3.32. The fourth-order valence-electron chi connectivity index (χ4n) is 1.54. The minimum absolute atomic E-state index is 0.00887. The molecule has 0 spiro atoms. The van der Waals surface area contributed by atoms with Gasteiger partial charge in [-0.3, -0.25) is 9.69 Å². The highest BCUT2D eigenvalue weighted by Crippen LogP contribution is 2.25. The van der Waals surface area contributed by atoms with Gasteiger partial charge in [-0.15, -0.1) is 0 Å². The van der Waals surface area contributed by atoms with E-state index < -0.39 is 0 Å². The van der Waals surface area contributed by atoms with Gasteiger partial charge in [0.15, 0.2) is 5.11 Å². The molecule has 1 saturated heterocycles. The lowest BCUT2D eigenvalue weighted by Gasteiger charge is -2.17. The van der Waals surface area contributed by atoms with E-state index in [-0.39, 0.29) is 12.5 Å². The molecule has 0 bridgehead atoms. The third-order valence-electron chi connectivity index (χ3n) is 2.24.